The molecule has 0 saturated heterocycles. The van der Waals surface area contributed by atoms with E-state index in [2.05, 4.69) is 34.7 Å². The van der Waals surface area contributed by atoms with Crippen LogP contribution in [-0.2, 0) is 6.42 Å². The highest BCUT2D eigenvalue weighted by Gasteiger charge is 2.16. The molecule has 2 aromatic heterocycles. The molecule has 0 fully saturated rings. The third-order valence-corrected chi connectivity index (χ3v) is 4.73. The first-order chi connectivity index (χ1) is 10.6. The summed E-state index contributed by atoms with van der Waals surface area (Å²) in [6.45, 7) is 4.24. The van der Waals surface area contributed by atoms with Crippen molar-refractivity contribution in [3.63, 3.8) is 0 Å². The molecule has 2 rings (SSSR count). The van der Waals surface area contributed by atoms with Crippen LogP contribution in [0.15, 0.2) is 17.5 Å². The van der Waals surface area contributed by atoms with E-state index in [0.29, 0.717) is 17.5 Å². The standard InChI is InChI=1S/C14H20N4O2S2/c1-9(2)8-12-17-18-14(22-12)16-13(20)15-10(5-6-19)11-4-3-7-21-11/h3-4,7,9-10,19H,5-6,8H2,1-2H3,(H2,15,16,18,20). The molecule has 0 aliphatic carbocycles. The Morgan fingerprint density at radius 2 is 2.23 bits per heavy atom. The van der Waals surface area contributed by atoms with Gasteiger partial charge in [0.05, 0.1) is 6.04 Å². The van der Waals surface area contributed by atoms with Gasteiger partial charge in [0.2, 0.25) is 5.13 Å². The van der Waals surface area contributed by atoms with Crippen molar-refractivity contribution in [2.24, 2.45) is 5.92 Å². The molecule has 120 valence electrons. The lowest BCUT2D eigenvalue weighted by molar-refractivity contribution is 0.239. The summed E-state index contributed by atoms with van der Waals surface area (Å²) in [7, 11) is 0. The van der Waals surface area contributed by atoms with Crippen LogP contribution in [0.3, 0.4) is 0 Å². The van der Waals surface area contributed by atoms with Gasteiger partial charge in [0.15, 0.2) is 0 Å². The van der Waals surface area contributed by atoms with Crippen molar-refractivity contribution in [3.05, 3.63) is 27.4 Å². The van der Waals surface area contributed by atoms with Crippen molar-refractivity contribution >= 4 is 33.8 Å². The second kappa shape index (κ2) is 8.21. The summed E-state index contributed by atoms with van der Waals surface area (Å²) in [5.74, 6) is 0.502. The number of amides is 2. The Morgan fingerprint density at radius 1 is 1.41 bits per heavy atom. The minimum Gasteiger partial charge on any atom is -0.396 e. The normalized spacial score (nSPS) is 12.4. The monoisotopic (exact) mass is 340 g/mol. The van der Waals surface area contributed by atoms with Gasteiger partial charge >= 0.3 is 6.03 Å². The molecule has 0 aliphatic rings. The van der Waals surface area contributed by atoms with Crippen LogP contribution < -0.4 is 10.6 Å². The number of anilines is 1. The number of hydrogen-bond acceptors (Lipinski definition) is 6. The molecule has 2 aromatic rings. The summed E-state index contributed by atoms with van der Waals surface area (Å²) in [5, 5.41) is 26.1. The van der Waals surface area contributed by atoms with Gasteiger partial charge in [0.1, 0.15) is 5.01 Å². The van der Waals surface area contributed by atoms with Gasteiger partial charge in [-0.25, -0.2) is 4.79 Å². The number of thiophene rings is 1. The number of aliphatic hydroxyl groups excluding tert-OH is 1. The lowest BCUT2D eigenvalue weighted by Gasteiger charge is -2.16. The molecular formula is C14H20N4O2S2. The van der Waals surface area contributed by atoms with E-state index < -0.39 is 0 Å². The Morgan fingerprint density at radius 3 is 2.86 bits per heavy atom. The number of nitrogens with one attached hydrogen (secondary N) is 2. The lowest BCUT2D eigenvalue weighted by Crippen LogP contribution is -2.32. The fourth-order valence-corrected chi connectivity index (χ4v) is 3.69. The third kappa shape index (κ3) is 5.04. The van der Waals surface area contributed by atoms with Gasteiger partial charge < -0.3 is 10.4 Å². The van der Waals surface area contributed by atoms with Gasteiger partial charge in [-0.05, 0) is 23.8 Å². The highest BCUT2D eigenvalue weighted by Crippen LogP contribution is 2.22. The van der Waals surface area contributed by atoms with E-state index in [-0.39, 0.29) is 18.7 Å². The second-order valence-electron chi connectivity index (χ2n) is 5.28. The zero-order chi connectivity index (χ0) is 15.9. The Kier molecular flexibility index (Phi) is 6.29. The van der Waals surface area contributed by atoms with Crippen molar-refractivity contribution in [1.82, 2.24) is 15.5 Å². The number of rotatable bonds is 7. The quantitative estimate of drug-likeness (QED) is 0.723. The first-order valence-electron chi connectivity index (χ1n) is 7.12. The van der Waals surface area contributed by atoms with Crippen LogP contribution in [0.4, 0.5) is 9.93 Å². The average Bonchev–Trinajstić information content (AvgIpc) is 3.09. The number of aromatic nitrogens is 2. The number of hydrogen-bond donors (Lipinski definition) is 3. The highest BCUT2D eigenvalue weighted by molar-refractivity contribution is 7.15. The fourth-order valence-electron chi connectivity index (χ4n) is 1.93. The van der Waals surface area contributed by atoms with Crippen LogP contribution in [0.5, 0.6) is 0 Å². The first-order valence-corrected chi connectivity index (χ1v) is 8.82. The molecule has 0 radical (unpaired) electrons. The molecule has 2 heterocycles. The Balaban J connectivity index is 1.92. The van der Waals surface area contributed by atoms with Crippen molar-refractivity contribution in [1.29, 1.82) is 0 Å². The minimum absolute atomic E-state index is 0.0141. The lowest BCUT2D eigenvalue weighted by atomic mass is 10.1. The molecule has 22 heavy (non-hydrogen) atoms. The number of aliphatic hydroxyl groups is 1. The number of carbonyl (C=O) groups is 1. The van der Waals surface area contributed by atoms with E-state index in [1.807, 2.05) is 17.5 Å². The van der Waals surface area contributed by atoms with Crippen molar-refractivity contribution < 1.29 is 9.90 Å². The SMILES string of the molecule is CC(C)Cc1nnc(NC(=O)NC(CCO)c2cccs2)s1. The maximum atomic E-state index is 12.1. The van der Waals surface area contributed by atoms with Crippen molar-refractivity contribution in [2.75, 3.05) is 11.9 Å². The van der Waals surface area contributed by atoms with Crippen LogP contribution in [0.2, 0.25) is 0 Å². The van der Waals surface area contributed by atoms with E-state index in [4.69, 9.17) is 5.11 Å². The van der Waals surface area contributed by atoms with E-state index in [1.165, 1.54) is 11.3 Å². The molecule has 6 nitrogen and oxygen atoms in total. The van der Waals surface area contributed by atoms with E-state index in [1.54, 1.807) is 11.3 Å². The summed E-state index contributed by atoms with van der Waals surface area (Å²) >= 11 is 2.94. The molecule has 8 heteroatoms. The Hall–Kier alpha value is -1.51. The summed E-state index contributed by atoms with van der Waals surface area (Å²) in [5.41, 5.74) is 0. The number of urea groups is 1. The van der Waals surface area contributed by atoms with Crippen LogP contribution in [0.1, 0.15) is 36.2 Å². The van der Waals surface area contributed by atoms with E-state index in [9.17, 15) is 4.79 Å². The largest absolute Gasteiger partial charge is 0.396 e. The predicted molar refractivity (Wildman–Crippen MR) is 89.4 cm³/mol. The molecule has 0 spiro atoms. The van der Waals surface area contributed by atoms with Crippen LogP contribution in [0.25, 0.3) is 0 Å². The van der Waals surface area contributed by atoms with Crippen LogP contribution in [0, 0.1) is 5.92 Å². The topological polar surface area (TPSA) is 87.1 Å². The summed E-state index contributed by atoms with van der Waals surface area (Å²) in [4.78, 5) is 13.1. The Labute approximate surface area is 137 Å². The highest BCUT2D eigenvalue weighted by atomic mass is 32.1. The van der Waals surface area contributed by atoms with E-state index >= 15 is 0 Å². The molecule has 0 aromatic carbocycles. The zero-order valence-electron chi connectivity index (χ0n) is 12.6. The van der Waals surface area contributed by atoms with Gasteiger partial charge in [-0.2, -0.15) is 0 Å². The van der Waals surface area contributed by atoms with Gasteiger partial charge in [-0.3, -0.25) is 5.32 Å². The summed E-state index contributed by atoms with van der Waals surface area (Å²) < 4.78 is 0. The van der Waals surface area contributed by atoms with Gasteiger partial charge in [0.25, 0.3) is 0 Å². The first kappa shape index (κ1) is 16.9. The maximum Gasteiger partial charge on any atom is 0.321 e. The summed E-state index contributed by atoms with van der Waals surface area (Å²) in [6.07, 6.45) is 1.33. The molecule has 1 atom stereocenters. The van der Waals surface area contributed by atoms with E-state index in [0.717, 1.165) is 16.3 Å². The van der Waals surface area contributed by atoms with Gasteiger partial charge in [0, 0.05) is 17.9 Å². The fraction of sp³-hybridized carbons (Fsp3) is 0.500. The average molecular weight is 340 g/mol. The second-order valence-corrected chi connectivity index (χ2v) is 7.32. The van der Waals surface area contributed by atoms with Gasteiger partial charge in [-0.15, -0.1) is 21.5 Å². The van der Waals surface area contributed by atoms with Gasteiger partial charge in [-0.1, -0.05) is 31.3 Å². The molecule has 0 saturated carbocycles. The zero-order valence-corrected chi connectivity index (χ0v) is 14.2. The minimum atomic E-state index is -0.334. The smallest absolute Gasteiger partial charge is 0.321 e. The molecular weight excluding hydrogens is 320 g/mol. The molecule has 2 amide bonds. The van der Waals surface area contributed by atoms with Crippen LogP contribution in [-0.4, -0.2) is 27.9 Å². The van der Waals surface area contributed by atoms with Crippen LogP contribution >= 0.6 is 22.7 Å². The van der Waals surface area contributed by atoms with Crippen molar-refractivity contribution in [3.8, 4) is 0 Å². The molecule has 0 aliphatic heterocycles. The third-order valence-electron chi connectivity index (χ3n) is 2.88. The molecule has 1 unspecified atom stereocenters. The predicted octanol–water partition coefficient (Wildman–Crippen LogP) is 3.04. The maximum absolute atomic E-state index is 12.1. The Bertz CT molecular complexity index is 583. The molecule has 0 bridgehead atoms. The number of carbonyl (C=O) groups excluding carboxylic acids is 1. The molecule has 3 N–H and O–H groups in total. The number of nitrogens with zero attached hydrogens (tertiary/aromatic N) is 2. The van der Waals surface area contributed by atoms with Crippen molar-refractivity contribution in [2.45, 2.75) is 32.7 Å². The summed E-state index contributed by atoms with van der Waals surface area (Å²) in [6, 6.07) is 3.33.